The Morgan fingerprint density at radius 2 is 2.00 bits per heavy atom. The average molecular weight is 206 g/mol. The quantitative estimate of drug-likeness (QED) is 0.635. The minimum atomic E-state index is 1.07. The molecule has 0 saturated heterocycles. The normalized spacial score (nSPS) is 49.6. The summed E-state index contributed by atoms with van der Waals surface area (Å²) in [5.41, 5.74) is 0. The second-order valence-electron chi connectivity index (χ2n) is 6.63. The maximum absolute atomic E-state index is 2.44. The molecule has 0 aliphatic heterocycles. The molecule has 0 amide bonds. The summed E-state index contributed by atoms with van der Waals surface area (Å²) in [6.07, 6.45) is 10.9. The van der Waals surface area contributed by atoms with E-state index in [4.69, 9.17) is 0 Å². The van der Waals surface area contributed by atoms with E-state index in [2.05, 4.69) is 13.8 Å². The molecule has 6 unspecified atom stereocenters. The van der Waals surface area contributed by atoms with Crippen LogP contribution >= 0.6 is 0 Å². The molecule has 15 heavy (non-hydrogen) atoms. The molecule has 0 heteroatoms. The summed E-state index contributed by atoms with van der Waals surface area (Å²) in [6, 6.07) is 0. The lowest BCUT2D eigenvalue weighted by molar-refractivity contribution is 0.0393. The van der Waals surface area contributed by atoms with E-state index >= 15 is 0 Å². The van der Waals surface area contributed by atoms with Crippen molar-refractivity contribution in [2.45, 2.75) is 58.8 Å². The van der Waals surface area contributed by atoms with Gasteiger partial charge in [0.2, 0.25) is 0 Å². The zero-order chi connectivity index (χ0) is 10.4. The van der Waals surface area contributed by atoms with Crippen LogP contribution in [-0.4, -0.2) is 0 Å². The van der Waals surface area contributed by atoms with E-state index in [1.807, 2.05) is 0 Å². The molecule has 3 rings (SSSR count). The van der Waals surface area contributed by atoms with Crippen molar-refractivity contribution in [2.75, 3.05) is 0 Å². The zero-order valence-corrected chi connectivity index (χ0v) is 10.4. The van der Waals surface area contributed by atoms with Crippen LogP contribution in [0.5, 0.6) is 0 Å². The van der Waals surface area contributed by atoms with Crippen LogP contribution in [0.15, 0.2) is 0 Å². The molecule has 0 N–H and O–H groups in total. The van der Waals surface area contributed by atoms with E-state index in [1.165, 1.54) is 24.7 Å². The van der Waals surface area contributed by atoms with E-state index in [0.717, 1.165) is 23.7 Å². The van der Waals surface area contributed by atoms with Crippen molar-refractivity contribution >= 4 is 0 Å². The Morgan fingerprint density at radius 3 is 2.60 bits per heavy atom. The molecule has 0 radical (unpaired) electrons. The van der Waals surface area contributed by atoms with Gasteiger partial charge in [0.1, 0.15) is 0 Å². The predicted molar refractivity (Wildman–Crippen MR) is 64.6 cm³/mol. The summed E-state index contributed by atoms with van der Waals surface area (Å²) in [5.74, 6) is 6.77. The molecule has 6 atom stereocenters. The molecule has 3 aliphatic carbocycles. The average Bonchev–Trinajstić information content (AvgIpc) is 2.76. The molecule has 0 aromatic carbocycles. The van der Waals surface area contributed by atoms with Gasteiger partial charge in [0.25, 0.3) is 0 Å². The van der Waals surface area contributed by atoms with Crippen LogP contribution in [-0.2, 0) is 0 Å². The van der Waals surface area contributed by atoms with Crippen molar-refractivity contribution in [3.05, 3.63) is 0 Å². The molecule has 3 fully saturated rings. The Balaban J connectivity index is 1.55. The van der Waals surface area contributed by atoms with Gasteiger partial charge in [-0.15, -0.1) is 0 Å². The van der Waals surface area contributed by atoms with E-state index in [0.29, 0.717) is 0 Å². The van der Waals surface area contributed by atoms with Gasteiger partial charge >= 0.3 is 0 Å². The molecule has 0 bridgehead atoms. The van der Waals surface area contributed by atoms with Crippen molar-refractivity contribution in [1.29, 1.82) is 0 Å². The first-order valence-electron chi connectivity index (χ1n) is 7.29. The number of rotatable bonds is 4. The van der Waals surface area contributed by atoms with Crippen LogP contribution in [0, 0.1) is 35.5 Å². The Labute approximate surface area is 94.8 Å². The molecule has 86 valence electrons. The van der Waals surface area contributed by atoms with Gasteiger partial charge in [-0.1, -0.05) is 33.1 Å². The fourth-order valence-electron chi connectivity index (χ4n) is 4.55. The van der Waals surface area contributed by atoms with E-state index < -0.39 is 0 Å². The molecule has 0 aromatic rings. The lowest BCUT2D eigenvalue weighted by Crippen LogP contribution is -2.37. The maximum Gasteiger partial charge on any atom is -0.0352 e. The molecule has 0 nitrogen and oxygen atoms in total. The van der Waals surface area contributed by atoms with Crippen LogP contribution < -0.4 is 0 Å². The summed E-state index contributed by atoms with van der Waals surface area (Å²) in [6.45, 7) is 4.87. The molecule has 0 aromatic heterocycles. The number of fused-ring (bicyclic) bond motifs is 1. The first-order valence-corrected chi connectivity index (χ1v) is 7.29. The van der Waals surface area contributed by atoms with Crippen LogP contribution in [0.2, 0.25) is 0 Å². The number of hydrogen-bond donors (Lipinski definition) is 0. The largest absolute Gasteiger partial charge is 0.0651 e. The van der Waals surface area contributed by atoms with Crippen molar-refractivity contribution in [3.63, 3.8) is 0 Å². The van der Waals surface area contributed by atoms with Crippen LogP contribution in [0.1, 0.15) is 58.8 Å². The summed E-state index contributed by atoms with van der Waals surface area (Å²) in [4.78, 5) is 0. The van der Waals surface area contributed by atoms with Crippen LogP contribution in [0.4, 0.5) is 0 Å². The summed E-state index contributed by atoms with van der Waals surface area (Å²) < 4.78 is 0. The first-order chi connectivity index (χ1) is 7.29. The minimum absolute atomic E-state index is 1.07. The smallest absolute Gasteiger partial charge is 0.0352 e. The Kier molecular flexibility index (Phi) is 2.57. The third kappa shape index (κ3) is 1.74. The third-order valence-electron chi connectivity index (χ3n) is 5.85. The van der Waals surface area contributed by atoms with Gasteiger partial charge in [-0.2, -0.15) is 0 Å². The minimum Gasteiger partial charge on any atom is -0.0651 e. The highest BCUT2D eigenvalue weighted by Crippen LogP contribution is 2.57. The second-order valence-corrected chi connectivity index (χ2v) is 6.63. The Hall–Kier alpha value is 0. The summed E-state index contributed by atoms with van der Waals surface area (Å²) >= 11 is 0. The first kappa shape index (κ1) is 10.2. The van der Waals surface area contributed by atoms with Crippen LogP contribution in [0.3, 0.4) is 0 Å². The predicted octanol–water partition coefficient (Wildman–Crippen LogP) is 4.49. The Bertz CT molecular complexity index is 232. The molecular weight excluding hydrogens is 180 g/mol. The summed E-state index contributed by atoms with van der Waals surface area (Å²) in [7, 11) is 0. The van der Waals surface area contributed by atoms with E-state index in [-0.39, 0.29) is 0 Å². The van der Waals surface area contributed by atoms with Gasteiger partial charge in [0.05, 0.1) is 0 Å². The van der Waals surface area contributed by atoms with Crippen molar-refractivity contribution < 1.29 is 0 Å². The molecule has 3 saturated carbocycles. The SMILES string of the molecule is CCC(CC1CC1C)C1CC2CCCC21. The van der Waals surface area contributed by atoms with Crippen molar-refractivity contribution in [3.8, 4) is 0 Å². The molecule has 3 aliphatic rings. The second kappa shape index (κ2) is 3.79. The van der Waals surface area contributed by atoms with Gasteiger partial charge in [0, 0.05) is 0 Å². The zero-order valence-electron chi connectivity index (χ0n) is 10.4. The van der Waals surface area contributed by atoms with E-state index in [9.17, 15) is 0 Å². The van der Waals surface area contributed by atoms with E-state index in [1.54, 1.807) is 32.1 Å². The third-order valence-corrected chi connectivity index (χ3v) is 5.85. The highest BCUT2D eigenvalue weighted by molar-refractivity contribution is 4.97. The van der Waals surface area contributed by atoms with Gasteiger partial charge in [-0.05, 0) is 61.2 Å². The van der Waals surface area contributed by atoms with Gasteiger partial charge in [-0.3, -0.25) is 0 Å². The van der Waals surface area contributed by atoms with Gasteiger partial charge in [-0.25, -0.2) is 0 Å². The highest BCUT2D eigenvalue weighted by atomic mass is 14.5. The number of hydrogen-bond acceptors (Lipinski definition) is 0. The fraction of sp³-hybridized carbons (Fsp3) is 1.00. The molecule has 0 spiro atoms. The topological polar surface area (TPSA) is 0 Å². The molecular formula is C15H26. The maximum atomic E-state index is 2.44. The lowest BCUT2D eigenvalue weighted by atomic mass is 9.60. The summed E-state index contributed by atoms with van der Waals surface area (Å²) in [5, 5.41) is 0. The van der Waals surface area contributed by atoms with Crippen molar-refractivity contribution in [2.24, 2.45) is 35.5 Å². The fourth-order valence-corrected chi connectivity index (χ4v) is 4.55. The standard InChI is InChI=1S/C15H26/c1-3-11(8-13-7-10(13)2)15-9-12-5-4-6-14(12)15/h10-15H,3-9H2,1-2H3. The van der Waals surface area contributed by atoms with Gasteiger partial charge < -0.3 is 0 Å². The monoisotopic (exact) mass is 206 g/mol. The Morgan fingerprint density at radius 1 is 1.20 bits per heavy atom. The van der Waals surface area contributed by atoms with Crippen molar-refractivity contribution in [1.82, 2.24) is 0 Å². The highest BCUT2D eigenvalue weighted by Gasteiger charge is 2.47. The van der Waals surface area contributed by atoms with Crippen LogP contribution in [0.25, 0.3) is 0 Å². The lowest BCUT2D eigenvalue weighted by Gasteiger charge is -2.45. The molecule has 0 heterocycles. The van der Waals surface area contributed by atoms with Gasteiger partial charge in [0.15, 0.2) is 0 Å².